The summed E-state index contributed by atoms with van der Waals surface area (Å²) in [5, 5.41) is 11.9. The molecule has 2 rings (SSSR count). The van der Waals surface area contributed by atoms with Gasteiger partial charge in [-0.3, -0.25) is 14.5 Å². The summed E-state index contributed by atoms with van der Waals surface area (Å²) in [4.78, 5) is 40.2. The van der Waals surface area contributed by atoms with Crippen LogP contribution in [0.15, 0.2) is 30.3 Å². The molecule has 1 unspecified atom stereocenters. The van der Waals surface area contributed by atoms with Gasteiger partial charge in [0.2, 0.25) is 5.91 Å². The van der Waals surface area contributed by atoms with Gasteiger partial charge in [0.25, 0.3) is 5.91 Å². The zero-order chi connectivity index (χ0) is 19.8. The van der Waals surface area contributed by atoms with E-state index in [9.17, 15) is 19.5 Å². The van der Waals surface area contributed by atoms with Gasteiger partial charge >= 0.3 is 5.97 Å². The third-order valence-corrected chi connectivity index (χ3v) is 5.17. The van der Waals surface area contributed by atoms with E-state index in [2.05, 4.69) is 24.1 Å². The van der Waals surface area contributed by atoms with Crippen molar-refractivity contribution in [1.29, 1.82) is 0 Å². The highest BCUT2D eigenvalue weighted by atomic mass is 16.4. The molecule has 2 N–H and O–H groups in total. The number of nitrogens with one attached hydrogen (secondary N) is 1. The second-order valence-corrected chi connectivity index (χ2v) is 6.94. The fourth-order valence-corrected chi connectivity index (χ4v) is 3.18. The minimum atomic E-state index is -1.13. The van der Waals surface area contributed by atoms with Gasteiger partial charge in [-0.05, 0) is 31.9 Å². The smallest absolute Gasteiger partial charge is 0.326 e. The molecule has 0 saturated carbocycles. The number of carboxylic acids is 1. The first kappa shape index (κ1) is 20.9. The predicted octanol–water partition coefficient (Wildman–Crippen LogP) is 1.59. The molecule has 0 spiro atoms. The van der Waals surface area contributed by atoms with Crippen LogP contribution in [-0.2, 0) is 9.59 Å². The van der Waals surface area contributed by atoms with Crippen LogP contribution in [0.5, 0.6) is 0 Å². The summed E-state index contributed by atoms with van der Waals surface area (Å²) in [5.41, 5.74) is 0.399. The topological polar surface area (TPSA) is 90.0 Å². The number of aliphatic carboxylic acids is 1. The van der Waals surface area contributed by atoms with Gasteiger partial charge in [0, 0.05) is 44.2 Å². The van der Waals surface area contributed by atoms with Crippen LogP contribution in [0.4, 0.5) is 0 Å². The summed E-state index contributed by atoms with van der Waals surface area (Å²) in [6.07, 6.45) is 1.27. The van der Waals surface area contributed by atoms with Crippen LogP contribution in [0, 0.1) is 0 Å². The molecule has 1 aliphatic rings. The Kier molecular flexibility index (Phi) is 7.79. The van der Waals surface area contributed by atoms with Gasteiger partial charge in [0.1, 0.15) is 6.04 Å². The molecule has 2 amide bonds. The molecule has 2 atom stereocenters. The maximum absolute atomic E-state index is 12.4. The lowest BCUT2D eigenvalue weighted by molar-refractivity contribution is -0.140. The average molecular weight is 375 g/mol. The summed E-state index contributed by atoms with van der Waals surface area (Å²) in [6.45, 7) is 7.35. The van der Waals surface area contributed by atoms with Crippen LogP contribution in [0.25, 0.3) is 0 Å². The van der Waals surface area contributed by atoms with Crippen molar-refractivity contribution >= 4 is 17.8 Å². The van der Waals surface area contributed by atoms with Gasteiger partial charge in [-0.25, -0.2) is 4.79 Å². The average Bonchev–Trinajstić information content (AvgIpc) is 2.70. The summed E-state index contributed by atoms with van der Waals surface area (Å²) in [5.74, 6) is -1.63. The van der Waals surface area contributed by atoms with E-state index in [1.165, 1.54) is 0 Å². The minimum Gasteiger partial charge on any atom is -0.480 e. The molecule has 148 valence electrons. The fraction of sp³-hybridized carbons (Fsp3) is 0.550. The van der Waals surface area contributed by atoms with Gasteiger partial charge < -0.3 is 15.3 Å². The van der Waals surface area contributed by atoms with E-state index in [-0.39, 0.29) is 18.7 Å². The Labute approximate surface area is 160 Å². The first-order valence-electron chi connectivity index (χ1n) is 9.53. The SMILES string of the molecule is CCC(C)N1CCN(C(=O)CC[C@H](NC(=O)c2ccccc2)C(=O)O)CC1. The van der Waals surface area contributed by atoms with Gasteiger partial charge in [-0.15, -0.1) is 0 Å². The molecule has 0 aliphatic carbocycles. The molecule has 1 aliphatic heterocycles. The Morgan fingerprint density at radius 3 is 2.30 bits per heavy atom. The number of carbonyl (C=O) groups excluding carboxylic acids is 2. The van der Waals surface area contributed by atoms with Gasteiger partial charge in [0.05, 0.1) is 0 Å². The lowest BCUT2D eigenvalue weighted by Gasteiger charge is -2.38. The zero-order valence-corrected chi connectivity index (χ0v) is 16.1. The Bertz CT molecular complexity index is 642. The van der Waals surface area contributed by atoms with Gasteiger partial charge in [-0.1, -0.05) is 25.1 Å². The molecule has 27 heavy (non-hydrogen) atoms. The number of rotatable bonds is 8. The Balaban J connectivity index is 1.82. The second kappa shape index (κ2) is 10.1. The van der Waals surface area contributed by atoms with Crippen molar-refractivity contribution in [3.8, 4) is 0 Å². The van der Waals surface area contributed by atoms with Crippen molar-refractivity contribution in [3.05, 3.63) is 35.9 Å². The number of amides is 2. The van der Waals surface area contributed by atoms with Gasteiger partial charge in [-0.2, -0.15) is 0 Å². The molecular formula is C20H29N3O4. The summed E-state index contributed by atoms with van der Waals surface area (Å²) in [7, 11) is 0. The minimum absolute atomic E-state index is 0.0565. The van der Waals surface area contributed by atoms with Gasteiger partial charge in [0.15, 0.2) is 0 Å². The highest BCUT2D eigenvalue weighted by Crippen LogP contribution is 2.11. The van der Waals surface area contributed by atoms with E-state index in [4.69, 9.17) is 0 Å². The van der Waals surface area contributed by atoms with Crippen molar-refractivity contribution < 1.29 is 19.5 Å². The predicted molar refractivity (Wildman–Crippen MR) is 102 cm³/mol. The van der Waals surface area contributed by atoms with Crippen molar-refractivity contribution in [2.45, 2.75) is 45.2 Å². The number of carboxylic acid groups (broad SMARTS) is 1. The van der Waals surface area contributed by atoms with E-state index >= 15 is 0 Å². The molecule has 0 aromatic heterocycles. The molecule has 7 nitrogen and oxygen atoms in total. The quantitative estimate of drug-likeness (QED) is 0.720. The number of benzene rings is 1. The van der Waals surface area contributed by atoms with Crippen LogP contribution in [0.2, 0.25) is 0 Å². The Hall–Kier alpha value is -2.41. The number of hydrogen-bond acceptors (Lipinski definition) is 4. The maximum atomic E-state index is 12.4. The van der Waals surface area contributed by atoms with E-state index < -0.39 is 17.9 Å². The second-order valence-electron chi connectivity index (χ2n) is 6.94. The number of nitrogens with zero attached hydrogens (tertiary/aromatic N) is 2. The lowest BCUT2D eigenvalue weighted by Crippen LogP contribution is -2.51. The summed E-state index contributed by atoms with van der Waals surface area (Å²) >= 11 is 0. The Morgan fingerprint density at radius 1 is 1.11 bits per heavy atom. The number of hydrogen-bond donors (Lipinski definition) is 2. The summed E-state index contributed by atoms with van der Waals surface area (Å²) in [6, 6.07) is 7.88. The molecule has 1 aromatic carbocycles. The van der Waals surface area contributed by atoms with Crippen molar-refractivity contribution in [2.24, 2.45) is 0 Å². The van der Waals surface area contributed by atoms with Crippen LogP contribution in [0.1, 0.15) is 43.5 Å². The van der Waals surface area contributed by atoms with E-state index in [0.29, 0.717) is 24.7 Å². The van der Waals surface area contributed by atoms with Crippen molar-refractivity contribution in [2.75, 3.05) is 26.2 Å². The van der Waals surface area contributed by atoms with Crippen molar-refractivity contribution in [3.63, 3.8) is 0 Å². The zero-order valence-electron chi connectivity index (χ0n) is 16.1. The van der Waals surface area contributed by atoms with E-state index in [0.717, 1.165) is 19.5 Å². The monoisotopic (exact) mass is 375 g/mol. The lowest BCUT2D eigenvalue weighted by atomic mass is 10.1. The molecule has 1 aromatic rings. The molecule has 1 heterocycles. The van der Waals surface area contributed by atoms with Crippen LogP contribution < -0.4 is 5.32 Å². The highest BCUT2D eigenvalue weighted by Gasteiger charge is 2.26. The molecule has 0 radical (unpaired) electrons. The molecule has 1 fully saturated rings. The highest BCUT2D eigenvalue weighted by molar-refractivity contribution is 5.96. The third kappa shape index (κ3) is 6.06. The number of carbonyl (C=O) groups is 3. The summed E-state index contributed by atoms with van der Waals surface area (Å²) < 4.78 is 0. The van der Waals surface area contributed by atoms with Crippen LogP contribution >= 0.6 is 0 Å². The first-order chi connectivity index (χ1) is 12.9. The van der Waals surface area contributed by atoms with Crippen molar-refractivity contribution in [1.82, 2.24) is 15.1 Å². The van der Waals surface area contributed by atoms with Crippen LogP contribution in [0.3, 0.4) is 0 Å². The van der Waals surface area contributed by atoms with E-state index in [1.807, 2.05) is 0 Å². The standard InChI is InChI=1S/C20H29N3O4/c1-3-15(2)22-11-13-23(14-12-22)18(24)10-9-17(20(26)27)21-19(25)16-7-5-4-6-8-16/h4-8,15,17H,3,9-14H2,1-2H3,(H,21,25)(H,26,27)/t15?,17-/m0/s1. The molecular weight excluding hydrogens is 346 g/mol. The normalized spacial score (nSPS) is 17.2. The number of piperazine rings is 1. The van der Waals surface area contributed by atoms with Crippen LogP contribution in [-0.4, -0.2) is 71.0 Å². The fourth-order valence-electron chi connectivity index (χ4n) is 3.18. The third-order valence-electron chi connectivity index (χ3n) is 5.17. The molecule has 1 saturated heterocycles. The maximum Gasteiger partial charge on any atom is 0.326 e. The van der Waals surface area contributed by atoms with E-state index in [1.54, 1.807) is 35.2 Å². The molecule has 0 bridgehead atoms. The molecule has 7 heteroatoms. The Morgan fingerprint density at radius 2 is 1.74 bits per heavy atom. The largest absolute Gasteiger partial charge is 0.480 e. The first-order valence-corrected chi connectivity index (χ1v) is 9.53.